The summed E-state index contributed by atoms with van der Waals surface area (Å²) >= 11 is 0. The molecule has 0 unspecified atom stereocenters. The summed E-state index contributed by atoms with van der Waals surface area (Å²) in [6.45, 7) is 1.43. The van der Waals surface area contributed by atoms with Gasteiger partial charge in [-0.3, -0.25) is 4.79 Å². The third kappa shape index (κ3) is 1.32. The number of furan rings is 1. The minimum atomic E-state index is -0.861. The smallest absolute Gasteiger partial charge is 0.287 e. The topological polar surface area (TPSA) is 58.9 Å². The Balaban J connectivity index is 2.63. The molecule has 4 nitrogen and oxygen atoms in total. The summed E-state index contributed by atoms with van der Waals surface area (Å²) in [4.78, 5) is 17.2. The summed E-state index contributed by atoms with van der Waals surface area (Å²) < 4.78 is 17.9. The second-order valence-electron chi connectivity index (χ2n) is 2.79. The lowest BCUT2D eigenvalue weighted by atomic mass is 10.3. The zero-order valence-corrected chi connectivity index (χ0v) is 7.37. The van der Waals surface area contributed by atoms with Crippen LogP contribution in [0.25, 0.3) is 11.6 Å². The maximum atomic E-state index is 12.9. The average Bonchev–Trinajstić information content (AvgIpc) is 2.66. The Hall–Kier alpha value is -1.91. The standard InChI is InChI=1S/C9H7FN2O2/c1-5-7(10)9(13)12-8(11-5)6-3-2-4-14-6/h2-4H,1H3,(H,11,12,13). The number of nitrogens with zero attached hydrogens (tertiary/aromatic N) is 1. The van der Waals surface area contributed by atoms with E-state index in [1.54, 1.807) is 12.1 Å². The van der Waals surface area contributed by atoms with Crippen LogP contribution >= 0.6 is 0 Å². The van der Waals surface area contributed by atoms with Crippen molar-refractivity contribution >= 4 is 0 Å². The number of aromatic nitrogens is 2. The van der Waals surface area contributed by atoms with E-state index in [-0.39, 0.29) is 11.5 Å². The molecule has 0 bridgehead atoms. The number of halogens is 1. The van der Waals surface area contributed by atoms with Crippen LogP contribution in [0.15, 0.2) is 27.6 Å². The molecule has 0 fully saturated rings. The van der Waals surface area contributed by atoms with Crippen LogP contribution in [0.1, 0.15) is 5.69 Å². The van der Waals surface area contributed by atoms with Gasteiger partial charge in [-0.25, -0.2) is 4.98 Å². The van der Waals surface area contributed by atoms with Crippen molar-refractivity contribution < 1.29 is 8.81 Å². The van der Waals surface area contributed by atoms with Crippen molar-refractivity contribution in [2.24, 2.45) is 0 Å². The first-order valence-corrected chi connectivity index (χ1v) is 3.99. The third-order valence-electron chi connectivity index (χ3n) is 1.78. The van der Waals surface area contributed by atoms with Gasteiger partial charge in [0, 0.05) is 0 Å². The van der Waals surface area contributed by atoms with E-state index in [1.807, 2.05) is 0 Å². The summed E-state index contributed by atoms with van der Waals surface area (Å²) in [5.74, 6) is -0.218. The number of rotatable bonds is 1. The van der Waals surface area contributed by atoms with E-state index in [0.717, 1.165) is 0 Å². The van der Waals surface area contributed by atoms with Gasteiger partial charge in [-0.15, -0.1) is 0 Å². The van der Waals surface area contributed by atoms with Crippen molar-refractivity contribution in [2.45, 2.75) is 6.92 Å². The predicted molar refractivity (Wildman–Crippen MR) is 47.3 cm³/mol. The third-order valence-corrected chi connectivity index (χ3v) is 1.78. The molecule has 2 heterocycles. The molecule has 2 aromatic heterocycles. The number of aromatic amines is 1. The van der Waals surface area contributed by atoms with Gasteiger partial charge < -0.3 is 9.40 Å². The van der Waals surface area contributed by atoms with Gasteiger partial charge in [0.2, 0.25) is 5.82 Å². The average molecular weight is 194 g/mol. The van der Waals surface area contributed by atoms with E-state index in [1.165, 1.54) is 13.2 Å². The van der Waals surface area contributed by atoms with Gasteiger partial charge in [0.05, 0.1) is 12.0 Å². The summed E-state index contributed by atoms with van der Waals surface area (Å²) in [7, 11) is 0. The SMILES string of the molecule is Cc1nc(-c2ccco2)[nH]c(=O)c1F. The first-order valence-electron chi connectivity index (χ1n) is 3.99. The van der Waals surface area contributed by atoms with Crippen LogP contribution in [0.3, 0.4) is 0 Å². The molecule has 0 amide bonds. The molecule has 2 rings (SSSR count). The Morgan fingerprint density at radius 2 is 2.36 bits per heavy atom. The van der Waals surface area contributed by atoms with Crippen molar-refractivity contribution in [3.63, 3.8) is 0 Å². The van der Waals surface area contributed by atoms with E-state index < -0.39 is 11.4 Å². The summed E-state index contributed by atoms with van der Waals surface area (Å²) in [6, 6.07) is 3.30. The van der Waals surface area contributed by atoms with Crippen LogP contribution in [0.2, 0.25) is 0 Å². The van der Waals surface area contributed by atoms with Gasteiger partial charge in [0.1, 0.15) is 0 Å². The fourth-order valence-electron chi connectivity index (χ4n) is 1.10. The van der Waals surface area contributed by atoms with Crippen LogP contribution in [0.5, 0.6) is 0 Å². The molecular formula is C9H7FN2O2. The normalized spacial score (nSPS) is 10.4. The molecule has 0 saturated heterocycles. The second-order valence-corrected chi connectivity index (χ2v) is 2.79. The molecular weight excluding hydrogens is 187 g/mol. The largest absolute Gasteiger partial charge is 0.461 e. The van der Waals surface area contributed by atoms with E-state index in [0.29, 0.717) is 5.76 Å². The molecule has 0 aromatic carbocycles. The molecule has 72 valence electrons. The highest BCUT2D eigenvalue weighted by molar-refractivity contribution is 5.45. The van der Waals surface area contributed by atoms with Crippen molar-refractivity contribution in [2.75, 3.05) is 0 Å². The Bertz CT molecular complexity index is 502. The van der Waals surface area contributed by atoms with Crippen LogP contribution in [-0.4, -0.2) is 9.97 Å². The van der Waals surface area contributed by atoms with Crippen molar-refractivity contribution in [1.29, 1.82) is 0 Å². The zero-order valence-electron chi connectivity index (χ0n) is 7.37. The number of nitrogens with one attached hydrogen (secondary N) is 1. The summed E-state index contributed by atoms with van der Waals surface area (Å²) in [5, 5.41) is 0. The number of H-pyrrole nitrogens is 1. The van der Waals surface area contributed by atoms with Crippen LogP contribution in [-0.2, 0) is 0 Å². The van der Waals surface area contributed by atoms with E-state index >= 15 is 0 Å². The van der Waals surface area contributed by atoms with Gasteiger partial charge in [-0.1, -0.05) is 0 Å². The molecule has 14 heavy (non-hydrogen) atoms. The Morgan fingerprint density at radius 1 is 1.57 bits per heavy atom. The summed E-state index contributed by atoms with van der Waals surface area (Å²) in [6.07, 6.45) is 1.45. The highest BCUT2D eigenvalue weighted by Crippen LogP contribution is 2.13. The molecule has 2 aromatic rings. The van der Waals surface area contributed by atoms with Crippen LogP contribution in [0.4, 0.5) is 4.39 Å². The van der Waals surface area contributed by atoms with Crippen molar-refractivity contribution in [3.05, 3.63) is 40.3 Å². The Kier molecular flexibility index (Phi) is 1.92. The first-order chi connectivity index (χ1) is 6.68. The fourth-order valence-corrected chi connectivity index (χ4v) is 1.10. The predicted octanol–water partition coefficient (Wildman–Crippen LogP) is 1.48. The van der Waals surface area contributed by atoms with Gasteiger partial charge in [-0.05, 0) is 19.1 Å². The lowest BCUT2D eigenvalue weighted by molar-refractivity contribution is 0.566. The zero-order chi connectivity index (χ0) is 10.1. The van der Waals surface area contributed by atoms with Crippen LogP contribution < -0.4 is 5.56 Å². The van der Waals surface area contributed by atoms with Gasteiger partial charge in [0.15, 0.2) is 11.6 Å². The van der Waals surface area contributed by atoms with Crippen molar-refractivity contribution in [1.82, 2.24) is 9.97 Å². The molecule has 0 saturated carbocycles. The Labute approximate surface area is 78.4 Å². The molecule has 0 aliphatic rings. The van der Waals surface area contributed by atoms with E-state index in [4.69, 9.17) is 4.42 Å². The van der Waals surface area contributed by atoms with Crippen molar-refractivity contribution in [3.8, 4) is 11.6 Å². The second kappa shape index (κ2) is 3.10. The van der Waals surface area contributed by atoms with E-state index in [2.05, 4.69) is 9.97 Å². The molecule has 0 atom stereocenters. The maximum absolute atomic E-state index is 12.9. The molecule has 5 heteroatoms. The maximum Gasteiger partial charge on any atom is 0.287 e. The van der Waals surface area contributed by atoms with Gasteiger partial charge in [0.25, 0.3) is 5.56 Å². The van der Waals surface area contributed by atoms with Gasteiger partial charge in [-0.2, -0.15) is 4.39 Å². The first kappa shape index (κ1) is 8.68. The molecule has 0 radical (unpaired) electrons. The van der Waals surface area contributed by atoms with Gasteiger partial charge >= 0.3 is 0 Å². The number of aryl methyl sites for hydroxylation is 1. The minimum Gasteiger partial charge on any atom is -0.461 e. The fraction of sp³-hybridized carbons (Fsp3) is 0.111. The van der Waals surface area contributed by atoms with E-state index in [9.17, 15) is 9.18 Å². The Morgan fingerprint density at radius 3 is 2.93 bits per heavy atom. The number of hydrogen-bond donors (Lipinski definition) is 1. The highest BCUT2D eigenvalue weighted by atomic mass is 19.1. The summed E-state index contributed by atoms with van der Waals surface area (Å²) in [5.41, 5.74) is -0.732. The molecule has 0 spiro atoms. The lowest BCUT2D eigenvalue weighted by Crippen LogP contribution is -2.15. The molecule has 0 aliphatic carbocycles. The molecule has 1 N–H and O–H groups in total. The monoisotopic (exact) mass is 194 g/mol. The molecule has 0 aliphatic heterocycles. The number of hydrogen-bond acceptors (Lipinski definition) is 3. The van der Waals surface area contributed by atoms with Crippen LogP contribution in [0, 0.1) is 12.7 Å². The minimum absolute atomic E-state index is 0.0557. The highest BCUT2D eigenvalue weighted by Gasteiger charge is 2.09. The lowest BCUT2D eigenvalue weighted by Gasteiger charge is -1.98. The quantitative estimate of drug-likeness (QED) is 0.747.